The van der Waals surface area contributed by atoms with Gasteiger partial charge in [-0.1, -0.05) is 23.9 Å². The summed E-state index contributed by atoms with van der Waals surface area (Å²) in [6, 6.07) is 11.7. The van der Waals surface area contributed by atoms with Crippen LogP contribution in [0.2, 0.25) is 0 Å². The zero-order valence-corrected chi connectivity index (χ0v) is 17.1. The summed E-state index contributed by atoms with van der Waals surface area (Å²) in [5, 5.41) is 7.60. The Bertz CT molecular complexity index is 1300. The number of carbonyl (C=O) groups is 1. The maximum atomic E-state index is 13.1. The molecule has 0 saturated carbocycles. The number of rotatable bonds is 5. The smallest absolute Gasteiger partial charge is 0.324 e. The highest BCUT2D eigenvalue weighted by molar-refractivity contribution is 7.99. The quantitative estimate of drug-likeness (QED) is 0.532. The van der Waals surface area contributed by atoms with E-state index in [1.54, 1.807) is 12.1 Å². The Morgan fingerprint density at radius 1 is 1.17 bits per heavy atom. The lowest BCUT2D eigenvalue weighted by Crippen LogP contribution is -2.28. The van der Waals surface area contributed by atoms with E-state index in [0.717, 1.165) is 20.7 Å². The highest BCUT2D eigenvalue weighted by atomic mass is 32.2. The van der Waals surface area contributed by atoms with Crippen LogP contribution in [0.5, 0.6) is 0 Å². The van der Waals surface area contributed by atoms with Crippen LogP contribution in [0.1, 0.15) is 11.1 Å². The van der Waals surface area contributed by atoms with Gasteiger partial charge in [-0.25, -0.2) is 23.3 Å². The van der Waals surface area contributed by atoms with Crippen molar-refractivity contribution in [3.05, 3.63) is 82.3 Å². The van der Waals surface area contributed by atoms with Crippen LogP contribution in [-0.2, 0) is 11.3 Å². The fourth-order valence-electron chi connectivity index (χ4n) is 2.91. The second-order valence-electron chi connectivity index (χ2n) is 6.79. The lowest BCUT2D eigenvalue weighted by molar-refractivity contribution is -0.117. The van der Waals surface area contributed by atoms with E-state index in [1.165, 1.54) is 40.7 Å². The number of fused-ring (bicyclic) bond motifs is 1. The summed E-state index contributed by atoms with van der Waals surface area (Å²) in [5.41, 5.74) is 2.54. The normalized spacial score (nSPS) is 11.0. The van der Waals surface area contributed by atoms with Crippen LogP contribution >= 0.6 is 11.8 Å². The van der Waals surface area contributed by atoms with E-state index in [-0.39, 0.29) is 18.3 Å². The Morgan fingerprint density at radius 2 is 1.93 bits per heavy atom. The molecule has 7 nitrogen and oxygen atoms in total. The molecule has 0 spiro atoms. The number of amides is 1. The largest absolute Gasteiger partial charge is 0.350 e. The molecule has 0 aliphatic heterocycles. The van der Waals surface area contributed by atoms with Crippen molar-refractivity contribution in [2.45, 2.75) is 30.3 Å². The molecule has 0 unspecified atom stereocenters. The van der Waals surface area contributed by atoms with Crippen molar-refractivity contribution >= 4 is 29.0 Å². The van der Waals surface area contributed by atoms with Crippen LogP contribution in [0.25, 0.3) is 5.65 Å². The lowest BCUT2D eigenvalue weighted by atomic mass is 10.1. The van der Waals surface area contributed by atoms with E-state index >= 15 is 0 Å². The molecule has 2 heterocycles. The molecule has 4 rings (SSSR count). The number of hydrogen-bond donors (Lipinski definition) is 1. The van der Waals surface area contributed by atoms with Gasteiger partial charge in [0.2, 0.25) is 5.91 Å². The van der Waals surface area contributed by atoms with E-state index in [2.05, 4.69) is 15.4 Å². The highest BCUT2D eigenvalue weighted by Crippen LogP contribution is 2.28. The molecule has 0 aliphatic carbocycles. The van der Waals surface area contributed by atoms with Crippen LogP contribution < -0.4 is 11.0 Å². The third kappa shape index (κ3) is 4.11. The van der Waals surface area contributed by atoms with Gasteiger partial charge >= 0.3 is 5.69 Å². The molecule has 30 heavy (non-hydrogen) atoms. The van der Waals surface area contributed by atoms with E-state index in [1.807, 2.05) is 32.0 Å². The van der Waals surface area contributed by atoms with Crippen molar-refractivity contribution in [2.24, 2.45) is 0 Å². The summed E-state index contributed by atoms with van der Waals surface area (Å²) >= 11 is 1.26. The highest BCUT2D eigenvalue weighted by Gasteiger charge is 2.15. The first-order valence-electron chi connectivity index (χ1n) is 9.15. The number of aryl methyl sites for hydroxylation is 2. The molecule has 4 aromatic rings. The van der Waals surface area contributed by atoms with Crippen LogP contribution in [0.3, 0.4) is 0 Å². The van der Waals surface area contributed by atoms with Gasteiger partial charge in [0, 0.05) is 23.0 Å². The van der Waals surface area contributed by atoms with Gasteiger partial charge in [-0.05, 0) is 55.3 Å². The van der Waals surface area contributed by atoms with Gasteiger partial charge in [0.25, 0.3) is 0 Å². The molecule has 0 atom stereocenters. The van der Waals surface area contributed by atoms with Crippen molar-refractivity contribution < 1.29 is 9.18 Å². The Balaban J connectivity index is 1.60. The first kappa shape index (κ1) is 19.8. The number of nitrogens with one attached hydrogen (secondary N) is 1. The zero-order chi connectivity index (χ0) is 21.3. The van der Waals surface area contributed by atoms with Gasteiger partial charge in [-0.15, -0.1) is 5.10 Å². The maximum Gasteiger partial charge on any atom is 0.350 e. The van der Waals surface area contributed by atoms with E-state index in [4.69, 9.17) is 0 Å². The van der Waals surface area contributed by atoms with E-state index < -0.39 is 5.69 Å². The molecule has 0 fully saturated rings. The van der Waals surface area contributed by atoms with Gasteiger partial charge in [-0.2, -0.15) is 0 Å². The molecule has 9 heteroatoms. The van der Waals surface area contributed by atoms with Crippen molar-refractivity contribution in [2.75, 3.05) is 5.32 Å². The predicted molar refractivity (Wildman–Crippen MR) is 112 cm³/mol. The summed E-state index contributed by atoms with van der Waals surface area (Å²) in [5.74, 6) is -0.684. The number of hydrogen-bond acceptors (Lipinski definition) is 5. The first-order chi connectivity index (χ1) is 14.4. The summed E-state index contributed by atoms with van der Waals surface area (Å²) < 4.78 is 15.6. The number of anilines is 1. The fraction of sp³-hybridized carbons (Fsp3) is 0.143. The molecule has 1 amide bonds. The van der Waals surface area contributed by atoms with Crippen LogP contribution in [0.4, 0.5) is 10.1 Å². The fourth-order valence-corrected chi connectivity index (χ4v) is 3.75. The molecule has 0 bridgehead atoms. The standard InChI is InChI=1S/C21H18FN5O2S/c1-13-3-4-14(2)17(11-13)24-18(28)12-27-21(29)26-10-9-23-20(19(26)25-27)30-16-7-5-15(22)6-8-16/h3-11H,12H2,1-2H3,(H,24,28). The molecule has 2 aromatic carbocycles. The number of aromatic nitrogens is 4. The number of benzene rings is 2. The molecule has 0 aliphatic rings. The minimum atomic E-state index is -0.440. The minimum Gasteiger partial charge on any atom is -0.324 e. The van der Waals surface area contributed by atoms with Crippen molar-refractivity contribution in [3.8, 4) is 0 Å². The van der Waals surface area contributed by atoms with Crippen molar-refractivity contribution in [1.82, 2.24) is 19.2 Å². The van der Waals surface area contributed by atoms with Crippen molar-refractivity contribution in [1.29, 1.82) is 0 Å². The molecule has 0 radical (unpaired) electrons. The average molecular weight is 423 g/mol. The van der Waals surface area contributed by atoms with Crippen LogP contribution in [0.15, 0.2) is 69.6 Å². The summed E-state index contributed by atoms with van der Waals surface area (Å²) in [6.45, 7) is 3.61. The second-order valence-corrected chi connectivity index (χ2v) is 7.85. The Hall–Kier alpha value is -3.46. The summed E-state index contributed by atoms with van der Waals surface area (Å²) in [4.78, 5) is 30.2. The third-order valence-electron chi connectivity index (χ3n) is 4.46. The molecule has 1 N–H and O–H groups in total. The van der Waals surface area contributed by atoms with Gasteiger partial charge in [-0.3, -0.25) is 4.79 Å². The molecular weight excluding hydrogens is 405 g/mol. The van der Waals surface area contributed by atoms with E-state index in [9.17, 15) is 14.0 Å². The third-order valence-corrected chi connectivity index (χ3v) is 5.45. The van der Waals surface area contributed by atoms with Crippen LogP contribution in [0, 0.1) is 19.7 Å². The number of nitrogens with zero attached hydrogens (tertiary/aromatic N) is 4. The summed E-state index contributed by atoms with van der Waals surface area (Å²) in [7, 11) is 0. The zero-order valence-electron chi connectivity index (χ0n) is 16.3. The topological polar surface area (TPSA) is 81.3 Å². The number of halogens is 1. The molecular formula is C21H18FN5O2S. The molecule has 0 saturated heterocycles. The SMILES string of the molecule is Cc1ccc(C)c(NC(=O)Cn2nc3c(Sc4ccc(F)cc4)nccn3c2=O)c1. The lowest BCUT2D eigenvalue weighted by Gasteiger charge is -2.08. The Morgan fingerprint density at radius 3 is 2.70 bits per heavy atom. The predicted octanol–water partition coefficient (Wildman–Crippen LogP) is 3.44. The van der Waals surface area contributed by atoms with Gasteiger partial charge in [0.15, 0.2) is 5.65 Å². The Kier molecular flexibility index (Phi) is 5.37. The molecule has 152 valence electrons. The molecule has 2 aromatic heterocycles. The number of carbonyl (C=O) groups excluding carboxylic acids is 1. The monoisotopic (exact) mass is 423 g/mol. The van der Waals surface area contributed by atoms with Gasteiger partial charge in [0.1, 0.15) is 17.4 Å². The first-order valence-corrected chi connectivity index (χ1v) is 9.97. The Labute approximate surface area is 175 Å². The minimum absolute atomic E-state index is 0.228. The summed E-state index contributed by atoms with van der Waals surface area (Å²) in [6.07, 6.45) is 2.99. The average Bonchev–Trinajstić information content (AvgIpc) is 3.03. The van der Waals surface area contributed by atoms with Crippen molar-refractivity contribution in [3.63, 3.8) is 0 Å². The van der Waals surface area contributed by atoms with Gasteiger partial charge < -0.3 is 5.32 Å². The van der Waals surface area contributed by atoms with Crippen LogP contribution in [-0.4, -0.2) is 25.1 Å². The maximum absolute atomic E-state index is 13.1. The van der Waals surface area contributed by atoms with E-state index in [0.29, 0.717) is 16.4 Å². The van der Waals surface area contributed by atoms with Gasteiger partial charge in [0.05, 0.1) is 0 Å². The second kappa shape index (κ2) is 8.11.